The molecule has 192 valence electrons. The van der Waals surface area contributed by atoms with Gasteiger partial charge in [0.1, 0.15) is 5.75 Å². The van der Waals surface area contributed by atoms with Crippen LogP contribution in [0.2, 0.25) is 0 Å². The summed E-state index contributed by atoms with van der Waals surface area (Å²) in [5.74, 6) is 0.849. The lowest BCUT2D eigenvalue weighted by Gasteiger charge is -2.34. The number of fused-ring (bicyclic) bond motifs is 4. The molecule has 3 amide bonds. The molecule has 5 rings (SSSR count). The molecule has 2 aromatic rings. The third kappa shape index (κ3) is 5.00. The Balaban J connectivity index is 0.00000304. The van der Waals surface area contributed by atoms with Crippen molar-refractivity contribution in [2.45, 2.75) is 57.4 Å². The summed E-state index contributed by atoms with van der Waals surface area (Å²) in [6, 6.07) is 13.7. The molecule has 2 heterocycles. The third-order valence-electron chi connectivity index (χ3n) is 7.65. The molecule has 0 spiro atoms. The average molecular weight is 512 g/mol. The number of carbonyl (C=O) groups excluding carboxylic acids is 3. The average Bonchev–Trinajstić information content (AvgIpc) is 3.39. The molecule has 1 N–H and O–H groups in total. The van der Waals surface area contributed by atoms with Gasteiger partial charge in [-0.1, -0.05) is 30.7 Å². The lowest BCUT2D eigenvalue weighted by Crippen LogP contribution is -2.36. The van der Waals surface area contributed by atoms with E-state index in [4.69, 9.17) is 4.74 Å². The Kier molecular flexibility index (Phi) is 8.32. The Bertz CT molecular complexity index is 1100. The van der Waals surface area contributed by atoms with Crippen LogP contribution in [-0.4, -0.2) is 59.9 Å². The topological polar surface area (TPSA) is 79.0 Å². The van der Waals surface area contributed by atoms with Crippen LogP contribution in [0.4, 0.5) is 4.79 Å². The molecule has 2 aromatic carbocycles. The van der Waals surface area contributed by atoms with Gasteiger partial charge in [0, 0.05) is 25.0 Å². The molecule has 2 aliphatic heterocycles. The van der Waals surface area contributed by atoms with Crippen molar-refractivity contribution >= 4 is 30.3 Å². The van der Waals surface area contributed by atoms with E-state index in [0.717, 1.165) is 51.6 Å². The monoisotopic (exact) mass is 511 g/mol. The van der Waals surface area contributed by atoms with Crippen molar-refractivity contribution in [3.8, 4) is 5.75 Å². The summed E-state index contributed by atoms with van der Waals surface area (Å²) in [4.78, 5) is 41.0. The number of hydrogen-bond acceptors (Lipinski definition) is 5. The van der Waals surface area contributed by atoms with Gasteiger partial charge in [0.2, 0.25) is 0 Å². The van der Waals surface area contributed by atoms with E-state index in [1.54, 1.807) is 24.3 Å². The highest BCUT2D eigenvalue weighted by atomic mass is 35.5. The van der Waals surface area contributed by atoms with Crippen LogP contribution >= 0.6 is 12.4 Å². The Morgan fingerprint density at radius 1 is 0.972 bits per heavy atom. The minimum absolute atomic E-state index is 0. The molecule has 0 unspecified atom stereocenters. The number of nitrogens with one attached hydrogen (secondary N) is 1. The minimum Gasteiger partial charge on any atom is -0.410 e. The first-order chi connectivity index (χ1) is 17.1. The molecule has 1 aliphatic carbocycles. The predicted molar refractivity (Wildman–Crippen MR) is 140 cm³/mol. The van der Waals surface area contributed by atoms with Crippen LogP contribution in [-0.2, 0) is 6.42 Å². The fourth-order valence-electron chi connectivity index (χ4n) is 6.01. The van der Waals surface area contributed by atoms with Crippen LogP contribution in [0, 0.1) is 0 Å². The van der Waals surface area contributed by atoms with E-state index in [9.17, 15) is 14.4 Å². The SMILES string of the molecule is CCNC(=O)Oc1cccc2c1CC[C@@H]1[C@H]2CCN1CCCCCN1C(=O)c2ccccc2C1=O.Cl. The zero-order valence-electron chi connectivity index (χ0n) is 20.7. The summed E-state index contributed by atoms with van der Waals surface area (Å²) in [7, 11) is 0. The number of likely N-dealkylation sites (tertiary alicyclic amines) is 1. The number of nitrogens with zero attached hydrogens (tertiary/aromatic N) is 2. The van der Waals surface area contributed by atoms with E-state index >= 15 is 0 Å². The number of imide groups is 1. The maximum Gasteiger partial charge on any atom is 0.412 e. The molecular weight excluding hydrogens is 478 g/mol. The summed E-state index contributed by atoms with van der Waals surface area (Å²) in [5, 5.41) is 2.71. The second-order valence-electron chi connectivity index (χ2n) is 9.65. The smallest absolute Gasteiger partial charge is 0.410 e. The molecule has 0 bridgehead atoms. The Morgan fingerprint density at radius 2 is 1.69 bits per heavy atom. The summed E-state index contributed by atoms with van der Waals surface area (Å²) >= 11 is 0. The van der Waals surface area contributed by atoms with Crippen molar-refractivity contribution in [2.75, 3.05) is 26.2 Å². The number of carbonyl (C=O) groups is 3. The molecule has 3 aliphatic rings. The fourth-order valence-corrected chi connectivity index (χ4v) is 6.01. The molecule has 36 heavy (non-hydrogen) atoms. The van der Waals surface area contributed by atoms with Crippen molar-refractivity contribution in [1.82, 2.24) is 15.1 Å². The first-order valence-corrected chi connectivity index (χ1v) is 12.8. The molecular formula is C28H34ClN3O4. The molecule has 2 atom stereocenters. The van der Waals surface area contributed by atoms with Gasteiger partial charge in [0.25, 0.3) is 11.8 Å². The van der Waals surface area contributed by atoms with Gasteiger partial charge >= 0.3 is 6.09 Å². The zero-order chi connectivity index (χ0) is 24.4. The number of halogens is 1. The molecule has 8 heteroatoms. The Labute approximate surface area is 218 Å². The highest BCUT2D eigenvalue weighted by molar-refractivity contribution is 6.21. The Morgan fingerprint density at radius 3 is 2.42 bits per heavy atom. The summed E-state index contributed by atoms with van der Waals surface area (Å²) < 4.78 is 5.58. The van der Waals surface area contributed by atoms with Crippen LogP contribution in [0.15, 0.2) is 42.5 Å². The summed E-state index contributed by atoms with van der Waals surface area (Å²) in [6.07, 6.45) is 5.60. The standard InChI is InChI=1S/C28H33N3O4.ClH/c1-2-29-28(34)35-25-12-8-11-19-20-15-18-30(24(20)14-13-21(19)25)16-6-3-7-17-31-26(32)22-9-4-5-10-23(22)27(31)33;/h4-5,8-12,20,24H,2-3,6-7,13-18H2,1H3,(H,29,34);1H/t20-,24+;/m0./s1. The molecule has 7 nitrogen and oxygen atoms in total. The maximum absolute atomic E-state index is 12.5. The molecule has 0 radical (unpaired) electrons. The van der Waals surface area contributed by atoms with Crippen molar-refractivity contribution in [2.24, 2.45) is 0 Å². The molecule has 0 aromatic heterocycles. The lowest BCUT2D eigenvalue weighted by molar-refractivity contribution is 0.0651. The number of amides is 3. The van der Waals surface area contributed by atoms with Crippen LogP contribution in [0.25, 0.3) is 0 Å². The van der Waals surface area contributed by atoms with Crippen molar-refractivity contribution in [3.05, 3.63) is 64.7 Å². The fraction of sp³-hybridized carbons (Fsp3) is 0.464. The quantitative estimate of drug-likeness (QED) is 0.407. The second-order valence-corrected chi connectivity index (χ2v) is 9.65. The van der Waals surface area contributed by atoms with Gasteiger partial charge in [-0.15, -0.1) is 12.4 Å². The van der Waals surface area contributed by atoms with Crippen molar-refractivity contribution < 1.29 is 19.1 Å². The predicted octanol–water partition coefficient (Wildman–Crippen LogP) is 4.79. The molecule has 1 fully saturated rings. The van der Waals surface area contributed by atoms with Gasteiger partial charge < -0.3 is 10.1 Å². The minimum atomic E-state index is -0.391. The highest BCUT2D eigenvalue weighted by Gasteiger charge is 2.39. The van der Waals surface area contributed by atoms with Crippen LogP contribution in [0.1, 0.15) is 76.8 Å². The van der Waals surface area contributed by atoms with E-state index in [1.807, 2.05) is 19.1 Å². The van der Waals surface area contributed by atoms with Crippen LogP contribution < -0.4 is 10.1 Å². The van der Waals surface area contributed by atoms with Gasteiger partial charge in [-0.3, -0.25) is 19.4 Å². The number of ether oxygens (including phenoxy) is 1. The van der Waals surface area contributed by atoms with Crippen molar-refractivity contribution in [1.29, 1.82) is 0 Å². The number of unbranched alkanes of at least 4 members (excludes halogenated alkanes) is 2. The van der Waals surface area contributed by atoms with E-state index in [0.29, 0.717) is 41.9 Å². The Hall–Kier alpha value is -2.90. The number of rotatable bonds is 8. The lowest BCUT2D eigenvalue weighted by atomic mass is 9.79. The zero-order valence-corrected chi connectivity index (χ0v) is 21.5. The van der Waals surface area contributed by atoms with Gasteiger partial charge in [0.05, 0.1) is 11.1 Å². The van der Waals surface area contributed by atoms with Gasteiger partial charge in [0.15, 0.2) is 0 Å². The molecule has 1 saturated heterocycles. The largest absolute Gasteiger partial charge is 0.412 e. The van der Waals surface area contributed by atoms with E-state index < -0.39 is 6.09 Å². The third-order valence-corrected chi connectivity index (χ3v) is 7.65. The summed E-state index contributed by atoms with van der Waals surface area (Å²) in [5.41, 5.74) is 3.56. The maximum atomic E-state index is 12.5. The van der Waals surface area contributed by atoms with E-state index in [2.05, 4.69) is 16.3 Å². The summed E-state index contributed by atoms with van der Waals surface area (Å²) in [6.45, 7) is 5.03. The van der Waals surface area contributed by atoms with Crippen molar-refractivity contribution in [3.63, 3.8) is 0 Å². The van der Waals surface area contributed by atoms with Gasteiger partial charge in [-0.2, -0.15) is 0 Å². The van der Waals surface area contributed by atoms with Crippen LogP contribution in [0.5, 0.6) is 5.75 Å². The number of hydrogen-bond donors (Lipinski definition) is 1. The van der Waals surface area contributed by atoms with Gasteiger partial charge in [-0.25, -0.2) is 4.79 Å². The van der Waals surface area contributed by atoms with Gasteiger partial charge in [-0.05, 0) is 81.4 Å². The van der Waals surface area contributed by atoms with E-state index in [-0.39, 0.29) is 24.2 Å². The number of benzene rings is 2. The molecule has 0 saturated carbocycles. The first-order valence-electron chi connectivity index (χ1n) is 12.8. The normalized spacial score (nSPS) is 20.4. The first kappa shape index (κ1) is 26.2. The van der Waals surface area contributed by atoms with E-state index in [1.165, 1.54) is 16.0 Å². The highest BCUT2D eigenvalue weighted by Crippen LogP contribution is 2.44. The van der Waals surface area contributed by atoms with Crippen LogP contribution in [0.3, 0.4) is 0 Å². The second kappa shape index (κ2) is 11.4.